The second kappa shape index (κ2) is 33.2. The molecular formula is C27H54N3NdO6. The van der Waals surface area contributed by atoms with Crippen LogP contribution in [0.1, 0.15) is 119 Å². The molecule has 0 N–H and O–H groups in total. The minimum absolute atomic E-state index is 0. The van der Waals surface area contributed by atoms with Crippen LogP contribution < -0.4 is 15.3 Å². The molecule has 0 heterocycles. The summed E-state index contributed by atoms with van der Waals surface area (Å²) in [4.78, 5) is 35.8. The summed E-state index contributed by atoms with van der Waals surface area (Å²) < 4.78 is 0. The maximum absolute atomic E-state index is 10.5. The third-order valence-electron chi connectivity index (χ3n) is 5.46. The molecule has 0 spiro atoms. The van der Waals surface area contributed by atoms with Gasteiger partial charge in [0.25, 0.3) is 0 Å². The van der Waals surface area contributed by atoms with E-state index >= 15 is 0 Å². The first-order valence-corrected chi connectivity index (χ1v) is 14.0. The molecule has 0 aromatic carbocycles. The Balaban J connectivity index is -0.000000218. The SMILES string of the molecule is CCCCN(CCCC)C(=O)[O-].CCCCN(CCCC)C(=O)[O-].CCCCN(CCCC)C(=O)[O-].[Nd+3]. The van der Waals surface area contributed by atoms with Gasteiger partial charge in [-0.2, -0.15) is 0 Å². The van der Waals surface area contributed by atoms with Gasteiger partial charge in [-0.3, -0.25) is 0 Å². The Hall–Kier alpha value is -0.839. The predicted molar refractivity (Wildman–Crippen MR) is 140 cm³/mol. The zero-order chi connectivity index (χ0) is 28.2. The predicted octanol–water partition coefficient (Wildman–Crippen LogP) is 3.70. The second-order valence-electron chi connectivity index (χ2n) is 8.88. The molecule has 0 aliphatic heterocycles. The van der Waals surface area contributed by atoms with E-state index in [0.29, 0.717) is 39.3 Å². The van der Waals surface area contributed by atoms with Crippen LogP contribution in [0.2, 0.25) is 0 Å². The summed E-state index contributed by atoms with van der Waals surface area (Å²) >= 11 is 0. The Labute approximate surface area is 259 Å². The summed E-state index contributed by atoms with van der Waals surface area (Å²) in [5.74, 6) is 0. The Bertz CT molecular complexity index is 431. The van der Waals surface area contributed by atoms with E-state index in [2.05, 4.69) is 0 Å². The standard InChI is InChI=1S/3C9H19NO2.Nd/c3*1-3-5-7-10(9(11)12)8-6-4-2;/h3*3-8H2,1-2H3,(H,11,12);/q;;;+3/p-3. The number of nitrogens with zero attached hydrogens (tertiary/aromatic N) is 3. The van der Waals surface area contributed by atoms with E-state index in [1.807, 2.05) is 41.5 Å². The molecule has 9 nitrogen and oxygen atoms in total. The Morgan fingerprint density at radius 3 is 0.622 bits per heavy atom. The molecule has 0 aromatic rings. The van der Waals surface area contributed by atoms with Crippen molar-refractivity contribution in [3.05, 3.63) is 0 Å². The molecule has 1 radical (unpaired) electrons. The molecule has 0 bridgehead atoms. The van der Waals surface area contributed by atoms with Gasteiger partial charge < -0.3 is 44.4 Å². The molecule has 0 aliphatic carbocycles. The molecule has 217 valence electrons. The number of unbranched alkanes of at least 4 members (excludes halogenated alkanes) is 6. The van der Waals surface area contributed by atoms with Crippen LogP contribution in [0.4, 0.5) is 14.4 Å². The van der Waals surface area contributed by atoms with E-state index in [-0.39, 0.29) is 40.8 Å². The van der Waals surface area contributed by atoms with Crippen LogP contribution in [0.25, 0.3) is 0 Å². The van der Waals surface area contributed by atoms with Crippen LogP contribution in [0.5, 0.6) is 0 Å². The number of carbonyl (C=O) groups excluding carboxylic acids is 3. The number of hydrogen-bond acceptors (Lipinski definition) is 6. The molecule has 0 unspecified atom stereocenters. The normalized spacial score (nSPS) is 9.57. The fraction of sp³-hybridized carbons (Fsp3) is 0.889. The van der Waals surface area contributed by atoms with Gasteiger partial charge in [0.05, 0.1) is 0 Å². The van der Waals surface area contributed by atoms with Crippen molar-refractivity contribution in [1.82, 2.24) is 14.7 Å². The van der Waals surface area contributed by atoms with Crippen molar-refractivity contribution in [3.63, 3.8) is 0 Å². The second-order valence-corrected chi connectivity index (χ2v) is 8.88. The van der Waals surface area contributed by atoms with E-state index in [0.717, 1.165) is 77.0 Å². The molecular weight excluding hydrogens is 607 g/mol. The van der Waals surface area contributed by atoms with Crippen molar-refractivity contribution in [3.8, 4) is 0 Å². The van der Waals surface area contributed by atoms with Gasteiger partial charge in [-0.1, -0.05) is 80.1 Å². The van der Waals surface area contributed by atoms with Gasteiger partial charge in [-0.05, 0) is 38.5 Å². The van der Waals surface area contributed by atoms with E-state index in [9.17, 15) is 29.7 Å². The van der Waals surface area contributed by atoms with Gasteiger partial charge in [0.1, 0.15) is 18.3 Å². The molecule has 0 saturated heterocycles. The van der Waals surface area contributed by atoms with E-state index < -0.39 is 18.3 Å². The monoisotopic (exact) mass is 658 g/mol. The van der Waals surface area contributed by atoms with E-state index in [1.54, 1.807) is 0 Å². The number of carboxylic acid groups (broad SMARTS) is 3. The van der Waals surface area contributed by atoms with Gasteiger partial charge in [0.2, 0.25) is 0 Å². The largest absolute Gasteiger partial charge is 3.00 e. The van der Waals surface area contributed by atoms with Gasteiger partial charge >= 0.3 is 40.8 Å². The first kappa shape index (κ1) is 43.2. The Morgan fingerprint density at radius 2 is 0.541 bits per heavy atom. The summed E-state index contributed by atoms with van der Waals surface area (Å²) in [5, 5.41) is 31.6. The third-order valence-corrected chi connectivity index (χ3v) is 5.46. The smallest absolute Gasteiger partial charge is 0.530 e. The zero-order valence-corrected chi connectivity index (χ0v) is 27.7. The fourth-order valence-corrected chi connectivity index (χ4v) is 2.98. The maximum atomic E-state index is 10.5. The summed E-state index contributed by atoms with van der Waals surface area (Å²) in [6.07, 6.45) is 8.62. The maximum Gasteiger partial charge on any atom is 3.00 e. The van der Waals surface area contributed by atoms with Crippen molar-refractivity contribution in [2.45, 2.75) is 119 Å². The third kappa shape index (κ3) is 31.3. The molecule has 3 amide bonds. The van der Waals surface area contributed by atoms with Gasteiger partial charge in [-0.25, -0.2) is 0 Å². The molecule has 0 atom stereocenters. The fourth-order valence-electron chi connectivity index (χ4n) is 2.98. The molecule has 10 heteroatoms. The van der Waals surface area contributed by atoms with Crippen LogP contribution in [0.15, 0.2) is 0 Å². The van der Waals surface area contributed by atoms with Gasteiger partial charge in [-0.15, -0.1) is 0 Å². The first-order chi connectivity index (χ1) is 17.2. The minimum atomic E-state index is -1.03. The number of amides is 3. The molecule has 0 aromatic heterocycles. The Morgan fingerprint density at radius 1 is 0.405 bits per heavy atom. The van der Waals surface area contributed by atoms with Crippen LogP contribution in [0.3, 0.4) is 0 Å². The molecule has 0 aliphatic rings. The van der Waals surface area contributed by atoms with Crippen molar-refractivity contribution in [2.24, 2.45) is 0 Å². The average molecular weight is 661 g/mol. The van der Waals surface area contributed by atoms with Crippen LogP contribution in [-0.2, 0) is 0 Å². The number of hydrogen-bond donors (Lipinski definition) is 0. The summed E-state index contributed by atoms with van der Waals surface area (Å²) in [7, 11) is 0. The Kier molecular flexibility index (Phi) is 38.8. The minimum Gasteiger partial charge on any atom is -0.530 e. The van der Waals surface area contributed by atoms with Crippen LogP contribution in [-0.4, -0.2) is 72.2 Å². The number of carbonyl (C=O) groups is 3. The van der Waals surface area contributed by atoms with E-state index in [4.69, 9.17) is 0 Å². The molecule has 0 fully saturated rings. The van der Waals surface area contributed by atoms with Crippen LogP contribution in [0, 0.1) is 40.8 Å². The number of rotatable bonds is 18. The quantitative estimate of drug-likeness (QED) is 0.221. The van der Waals surface area contributed by atoms with Crippen molar-refractivity contribution >= 4 is 18.3 Å². The summed E-state index contributed by atoms with van der Waals surface area (Å²) in [6, 6.07) is 0. The topological polar surface area (TPSA) is 130 Å². The molecule has 0 rings (SSSR count). The van der Waals surface area contributed by atoms with E-state index in [1.165, 1.54) is 14.7 Å². The van der Waals surface area contributed by atoms with Crippen molar-refractivity contribution in [1.29, 1.82) is 0 Å². The summed E-state index contributed by atoms with van der Waals surface area (Å²) in [5.41, 5.74) is 0. The molecule has 37 heavy (non-hydrogen) atoms. The van der Waals surface area contributed by atoms with Crippen molar-refractivity contribution < 1.29 is 70.5 Å². The van der Waals surface area contributed by atoms with Gasteiger partial charge in [0.15, 0.2) is 0 Å². The zero-order valence-electron chi connectivity index (χ0n) is 24.5. The molecule has 0 saturated carbocycles. The van der Waals surface area contributed by atoms with Crippen LogP contribution >= 0.6 is 0 Å². The van der Waals surface area contributed by atoms with Gasteiger partial charge in [0, 0.05) is 39.3 Å². The first-order valence-electron chi connectivity index (χ1n) is 14.0. The van der Waals surface area contributed by atoms with Crippen molar-refractivity contribution in [2.75, 3.05) is 39.3 Å². The summed E-state index contributed by atoms with van der Waals surface area (Å²) in [6.45, 7) is 16.0. The average Bonchev–Trinajstić information content (AvgIpc) is 2.84.